The minimum absolute atomic E-state index is 0.633. The molecule has 0 radical (unpaired) electrons. The van der Waals surface area contributed by atoms with Crippen LogP contribution in [0.5, 0.6) is 0 Å². The first-order valence-electron chi connectivity index (χ1n) is 6.75. The number of nitrogens with one attached hydrogen (secondary N) is 1. The molecule has 2 aliphatic rings. The molecule has 0 aromatic heterocycles. The predicted octanol–water partition coefficient (Wildman–Crippen LogP) is 2.52. The number of thioether (sulfide) groups is 1. The first-order chi connectivity index (χ1) is 8.24. The van der Waals surface area contributed by atoms with Gasteiger partial charge in [0.2, 0.25) is 0 Å². The van der Waals surface area contributed by atoms with E-state index in [1.54, 1.807) is 0 Å². The molecule has 2 unspecified atom stereocenters. The molecule has 0 amide bonds. The third-order valence-electron chi connectivity index (χ3n) is 3.32. The van der Waals surface area contributed by atoms with E-state index in [2.05, 4.69) is 24.2 Å². The smallest absolute Gasteiger partial charge is 0.156 e. The SMILES string of the molecule is CC(C)CC1CSC(=NCCC2CCOC2)N1. The van der Waals surface area contributed by atoms with Crippen LogP contribution in [0.15, 0.2) is 4.99 Å². The van der Waals surface area contributed by atoms with Gasteiger partial charge in [0, 0.05) is 31.6 Å². The van der Waals surface area contributed by atoms with Crippen molar-refractivity contribution in [2.75, 3.05) is 25.5 Å². The maximum Gasteiger partial charge on any atom is 0.156 e. The lowest BCUT2D eigenvalue weighted by Gasteiger charge is -2.12. The molecule has 2 atom stereocenters. The summed E-state index contributed by atoms with van der Waals surface area (Å²) < 4.78 is 5.37. The molecule has 2 heterocycles. The summed E-state index contributed by atoms with van der Waals surface area (Å²) in [5.41, 5.74) is 0. The van der Waals surface area contributed by atoms with E-state index in [0.29, 0.717) is 6.04 Å². The number of amidine groups is 1. The number of ether oxygens (including phenoxy) is 1. The van der Waals surface area contributed by atoms with Crippen LogP contribution in [0.4, 0.5) is 0 Å². The van der Waals surface area contributed by atoms with Gasteiger partial charge in [-0.1, -0.05) is 25.6 Å². The Kier molecular flexibility index (Phi) is 5.16. The van der Waals surface area contributed by atoms with E-state index in [1.807, 2.05) is 11.8 Å². The Hall–Kier alpha value is -0.220. The van der Waals surface area contributed by atoms with Crippen LogP contribution in [-0.2, 0) is 4.74 Å². The molecule has 0 bridgehead atoms. The van der Waals surface area contributed by atoms with E-state index in [1.165, 1.54) is 25.0 Å². The largest absolute Gasteiger partial charge is 0.381 e. The van der Waals surface area contributed by atoms with Gasteiger partial charge in [0.05, 0.1) is 0 Å². The Morgan fingerprint density at radius 2 is 2.41 bits per heavy atom. The van der Waals surface area contributed by atoms with Crippen molar-refractivity contribution in [2.24, 2.45) is 16.8 Å². The van der Waals surface area contributed by atoms with Gasteiger partial charge in [0.25, 0.3) is 0 Å². The van der Waals surface area contributed by atoms with Crippen LogP contribution >= 0.6 is 11.8 Å². The quantitative estimate of drug-likeness (QED) is 0.820. The number of aliphatic imine (C=N–C) groups is 1. The van der Waals surface area contributed by atoms with Gasteiger partial charge in [-0.05, 0) is 31.1 Å². The molecule has 0 aliphatic carbocycles. The molecule has 0 spiro atoms. The standard InChI is InChI=1S/C13H24N2OS/c1-10(2)7-12-9-17-13(15-12)14-5-3-11-4-6-16-8-11/h10-12H,3-9H2,1-2H3,(H,14,15). The van der Waals surface area contributed by atoms with Crippen molar-refractivity contribution in [3.8, 4) is 0 Å². The highest BCUT2D eigenvalue weighted by atomic mass is 32.2. The Morgan fingerprint density at radius 3 is 3.12 bits per heavy atom. The number of hydrogen-bond donors (Lipinski definition) is 1. The summed E-state index contributed by atoms with van der Waals surface area (Å²) >= 11 is 1.88. The lowest BCUT2D eigenvalue weighted by molar-refractivity contribution is 0.184. The summed E-state index contributed by atoms with van der Waals surface area (Å²) in [6, 6.07) is 0.633. The Morgan fingerprint density at radius 1 is 1.53 bits per heavy atom. The second-order valence-electron chi connectivity index (χ2n) is 5.49. The molecule has 98 valence electrons. The van der Waals surface area contributed by atoms with E-state index in [0.717, 1.165) is 36.8 Å². The van der Waals surface area contributed by atoms with Crippen molar-refractivity contribution in [1.82, 2.24) is 5.32 Å². The molecule has 0 aromatic carbocycles. The monoisotopic (exact) mass is 256 g/mol. The topological polar surface area (TPSA) is 33.6 Å². The molecule has 4 heteroatoms. The van der Waals surface area contributed by atoms with Gasteiger partial charge < -0.3 is 10.1 Å². The molecule has 2 saturated heterocycles. The molecule has 3 nitrogen and oxygen atoms in total. The normalized spacial score (nSPS) is 31.4. The molecule has 2 aliphatic heterocycles. The van der Waals surface area contributed by atoms with Gasteiger partial charge in [0.15, 0.2) is 5.17 Å². The fourth-order valence-electron chi connectivity index (χ4n) is 2.38. The van der Waals surface area contributed by atoms with E-state index < -0.39 is 0 Å². The van der Waals surface area contributed by atoms with Gasteiger partial charge in [0.1, 0.15) is 0 Å². The lowest BCUT2D eigenvalue weighted by Crippen LogP contribution is -2.28. The summed E-state index contributed by atoms with van der Waals surface area (Å²) in [5, 5.41) is 4.69. The molecular formula is C13H24N2OS. The minimum atomic E-state index is 0.633. The van der Waals surface area contributed by atoms with E-state index >= 15 is 0 Å². The Labute approximate surface area is 109 Å². The fourth-order valence-corrected chi connectivity index (χ4v) is 3.40. The molecule has 0 aromatic rings. The van der Waals surface area contributed by atoms with E-state index in [-0.39, 0.29) is 0 Å². The third-order valence-corrected chi connectivity index (χ3v) is 4.41. The van der Waals surface area contributed by atoms with Crippen molar-refractivity contribution in [2.45, 2.75) is 39.2 Å². The molecule has 2 fully saturated rings. The first kappa shape index (κ1) is 13.2. The van der Waals surface area contributed by atoms with Crippen LogP contribution in [0.1, 0.15) is 33.1 Å². The Bertz CT molecular complexity index is 262. The highest BCUT2D eigenvalue weighted by Crippen LogP contribution is 2.20. The zero-order valence-corrected chi connectivity index (χ0v) is 11.8. The maximum atomic E-state index is 5.37. The average Bonchev–Trinajstić information content (AvgIpc) is 2.89. The van der Waals surface area contributed by atoms with Gasteiger partial charge in [-0.2, -0.15) is 0 Å². The van der Waals surface area contributed by atoms with Crippen LogP contribution < -0.4 is 5.32 Å². The minimum Gasteiger partial charge on any atom is -0.381 e. The summed E-state index contributed by atoms with van der Waals surface area (Å²) in [4.78, 5) is 4.66. The van der Waals surface area contributed by atoms with Crippen molar-refractivity contribution >= 4 is 16.9 Å². The van der Waals surface area contributed by atoms with Crippen LogP contribution in [-0.4, -0.2) is 36.7 Å². The predicted molar refractivity (Wildman–Crippen MR) is 74.7 cm³/mol. The highest BCUT2D eigenvalue weighted by Gasteiger charge is 2.21. The van der Waals surface area contributed by atoms with E-state index in [9.17, 15) is 0 Å². The number of nitrogens with zero attached hydrogens (tertiary/aromatic N) is 1. The van der Waals surface area contributed by atoms with Crippen molar-refractivity contribution in [3.63, 3.8) is 0 Å². The summed E-state index contributed by atoms with van der Waals surface area (Å²) in [6.07, 6.45) is 3.66. The van der Waals surface area contributed by atoms with Crippen molar-refractivity contribution in [1.29, 1.82) is 0 Å². The second-order valence-corrected chi connectivity index (χ2v) is 6.50. The molecule has 2 rings (SSSR count). The molecular weight excluding hydrogens is 232 g/mol. The third kappa shape index (κ3) is 4.51. The van der Waals surface area contributed by atoms with Gasteiger partial charge in [-0.3, -0.25) is 4.99 Å². The number of hydrogen-bond acceptors (Lipinski definition) is 3. The van der Waals surface area contributed by atoms with Crippen molar-refractivity contribution in [3.05, 3.63) is 0 Å². The van der Waals surface area contributed by atoms with Crippen molar-refractivity contribution < 1.29 is 4.74 Å². The van der Waals surface area contributed by atoms with Crippen LogP contribution in [0, 0.1) is 11.8 Å². The Balaban J connectivity index is 1.65. The first-order valence-corrected chi connectivity index (χ1v) is 7.74. The zero-order valence-electron chi connectivity index (χ0n) is 10.9. The lowest BCUT2D eigenvalue weighted by atomic mass is 10.1. The summed E-state index contributed by atoms with van der Waals surface area (Å²) in [6.45, 7) is 7.41. The van der Waals surface area contributed by atoms with Gasteiger partial charge >= 0.3 is 0 Å². The second kappa shape index (κ2) is 6.64. The fraction of sp³-hybridized carbons (Fsp3) is 0.923. The number of rotatable bonds is 5. The maximum absolute atomic E-state index is 5.37. The van der Waals surface area contributed by atoms with Crippen LogP contribution in [0.2, 0.25) is 0 Å². The molecule has 17 heavy (non-hydrogen) atoms. The zero-order chi connectivity index (χ0) is 12.1. The molecule has 1 N–H and O–H groups in total. The average molecular weight is 256 g/mol. The van der Waals surface area contributed by atoms with Gasteiger partial charge in [-0.25, -0.2) is 0 Å². The van der Waals surface area contributed by atoms with Crippen LogP contribution in [0.3, 0.4) is 0 Å². The summed E-state index contributed by atoms with van der Waals surface area (Å²) in [5.74, 6) is 2.70. The van der Waals surface area contributed by atoms with E-state index in [4.69, 9.17) is 4.74 Å². The molecule has 0 saturated carbocycles. The van der Waals surface area contributed by atoms with Gasteiger partial charge in [-0.15, -0.1) is 0 Å². The highest BCUT2D eigenvalue weighted by molar-refractivity contribution is 8.14. The summed E-state index contributed by atoms with van der Waals surface area (Å²) in [7, 11) is 0. The van der Waals surface area contributed by atoms with Crippen LogP contribution in [0.25, 0.3) is 0 Å².